The van der Waals surface area contributed by atoms with Gasteiger partial charge in [0, 0.05) is 37.5 Å². The zero-order valence-corrected chi connectivity index (χ0v) is 13.1. The van der Waals surface area contributed by atoms with Gasteiger partial charge in [0.2, 0.25) is 0 Å². The van der Waals surface area contributed by atoms with Crippen LogP contribution in [-0.2, 0) is 0 Å². The van der Waals surface area contributed by atoms with Gasteiger partial charge in [-0.3, -0.25) is 0 Å². The van der Waals surface area contributed by atoms with Crippen molar-refractivity contribution in [1.82, 2.24) is 9.97 Å². The molecule has 2 heterocycles. The predicted octanol–water partition coefficient (Wildman–Crippen LogP) is 0.921. The van der Waals surface area contributed by atoms with Crippen LogP contribution in [0.4, 0.5) is 5.82 Å². The monoisotopic (exact) mass is 322 g/mol. The Kier molecular flexibility index (Phi) is 3.48. The highest BCUT2D eigenvalue weighted by Gasteiger charge is 2.71. The summed E-state index contributed by atoms with van der Waals surface area (Å²) in [5.41, 5.74) is 1.01. The number of rotatable bonds is 3. The fraction of sp³-hybridized carbons (Fsp3) is 0.389. The Bertz CT molecular complexity index is 791. The first kappa shape index (κ1) is 15.1. The lowest BCUT2D eigenvalue weighted by molar-refractivity contribution is 0.113. The van der Waals surface area contributed by atoms with Gasteiger partial charge in [-0.25, -0.2) is 9.97 Å². The predicted molar refractivity (Wildman–Crippen MR) is 87.2 cm³/mol. The number of β-amino-alcohol motifs (C(OH)–C–C–N with tert-alkyl or cyclic N) is 1. The Balaban J connectivity index is 1.67. The molecule has 24 heavy (non-hydrogen) atoms. The van der Waals surface area contributed by atoms with Gasteiger partial charge in [0.25, 0.3) is 0 Å². The van der Waals surface area contributed by atoms with E-state index in [2.05, 4.69) is 16.0 Å². The summed E-state index contributed by atoms with van der Waals surface area (Å²) in [6.07, 6.45) is 2.47. The molecule has 1 saturated heterocycles. The highest BCUT2D eigenvalue weighted by Crippen LogP contribution is 2.68. The summed E-state index contributed by atoms with van der Waals surface area (Å²) < 4.78 is 0. The Morgan fingerprint density at radius 2 is 2.00 bits per heavy atom. The van der Waals surface area contributed by atoms with E-state index < -0.39 is 6.10 Å². The molecule has 4 rings (SSSR count). The number of aromatic nitrogens is 2. The second kappa shape index (κ2) is 5.55. The molecular weight excluding hydrogens is 304 g/mol. The Morgan fingerprint density at radius 3 is 2.71 bits per heavy atom. The molecule has 2 aromatic rings. The first-order chi connectivity index (χ1) is 11.7. The van der Waals surface area contributed by atoms with Crippen LogP contribution in [0.3, 0.4) is 0 Å². The van der Waals surface area contributed by atoms with Crippen molar-refractivity contribution in [3.8, 4) is 6.07 Å². The Hall–Kier alpha value is -2.49. The van der Waals surface area contributed by atoms with Crippen LogP contribution in [0.1, 0.15) is 17.2 Å². The molecule has 122 valence electrons. The third-order valence-electron chi connectivity index (χ3n) is 5.48. The van der Waals surface area contributed by atoms with E-state index in [1.54, 1.807) is 6.20 Å². The lowest BCUT2D eigenvalue weighted by Crippen LogP contribution is -2.23. The summed E-state index contributed by atoms with van der Waals surface area (Å²) >= 11 is 0. The van der Waals surface area contributed by atoms with E-state index in [9.17, 15) is 15.5 Å². The average Bonchev–Trinajstić information content (AvgIpc) is 3.17. The highest BCUT2D eigenvalue weighted by molar-refractivity contribution is 5.53. The summed E-state index contributed by atoms with van der Waals surface area (Å²) in [5.74, 6) is 0.638. The van der Waals surface area contributed by atoms with E-state index in [4.69, 9.17) is 0 Å². The number of nitriles is 1. The molecular formula is C18H18N4O2. The Morgan fingerprint density at radius 1 is 1.25 bits per heavy atom. The topological polar surface area (TPSA) is 93.3 Å². The van der Waals surface area contributed by atoms with E-state index in [1.807, 2.05) is 35.2 Å². The largest absolute Gasteiger partial charge is 0.396 e. The molecule has 1 aromatic heterocycles. The summed E-state index contributed by atoms with van der Waals surface area (Å²) in [6, 6.07) is 12.1. The van der Waals surface area contributed by atoms with Crippen molar-refractivity contribution >= 4 is 5.82 Å². The maximum absolute atomic E-state index is 10.8. The second-order valence-corrected chi connectivity index (χ2v) is 6.53. The van der Waals surface area contributed by atoms with E-state index in [1.165, 1.54) is 6.20 Å². The molecule has 2 fully saturated rings. The summed E-state index contributed by atoms with van der Waals surface area (Å²) in [5, 5.41) is 29.8. The van der Waals surface area contributed by atoms with Gasteiger partial charge in [-0.1, -0.05) is 30.3 Å². The number of hydrogen-bond donors (Lipinski definition) is 2. The molecule has 0 unspecified atom stereocenters. The van der Waals surface area contributed by atoms with Gasteiger partial charge in [-0.05, 0) is 17.4 Å². The lowest BCUT2D eigenvalue weighted by Gasteiger charge is -2.17. The van der Waals surface area contributed by atoms with Crippen LogP contribution in [-0.4, -0.2) is 46.0 Å². The molecule has 2 N–H and O–H groups in total. The van der Waals surface area contributed by atoms with E-state index in [-0.39, 0.29) is 29.6 Å². The average molecular weight is 322 g/mol. The second-order valence-electron chi connectivity index (χ2n) is 6.53. The number of nitrogens with zero attached hydrogens (tertiary/aromatic N) is 4. The maximum atomic E-state index is 10.8. The van der Waals surface area contributed by atoms with Crippen LogP contribution in [0.5, 0.6) is 0 Å². The molecule has 4 atom stereocenters. The molecule has 6 nitrogen and oxygen atoms in total. The fourth-order valence-electron chi connectivity index (χ4n) is 4.37. The van der Waals surface area contributed by atoms with Crippen molar-refractivity contribution in [2.45, 2.75) is 12.0 Å². The van der Waals surface area contributed by atoms with E-state index >= 15 is 0 Å². The van der Waals surface area contributed by atoms with Crippen molar-refractivity contribution in [3.05, 3.63) is 54.0 Å². The zero-order valence-electron chi connectivity index (χ0n) is 13.1. The first-order valence-corrected chi connectivity index (χ1v) is 8.02. The minimum Gasteiger partial charge on any atom is -0.396 e. The highest BCUT2D eigenvalue weighted by atomic mass is 16.3. The molecule has 0 radical (unpaired) electrons. The minimum absolute atomic E-state index is 0.0158. The van der Waals surface area contributed by atoms with E-state index in [0.717, 1.165) is 5.56 Å². The normalized spacial score (nSPS) is 31.2. The van der Waals surface area contributed by atoms with Crippen molar-refractivity contribution in [2.75, 3.05) is 24.6 Å². The number of benzene rings is 1. The van der Waals surface area contributed by atoms with Gasteiger partial charge in [0.05, 0.1) is 6.10 Å². The minimum atomic E-state index is -0.576. The van der Waals surface area contributed by atoms with Gasteiger partial charge >= 0.3 is 0 Å². The number of aliphatic hydroxyl groups is 2. The summed E-state index contributed by atoms with van der Waals surface area (Å²) in [4.78, 5) is 10.2. The fourth-order valence-corrected chi connectivity index (χ4v) is 4.37. The lowest BCUT2D eigenvalue weighted by atomic mass is 9.95. The van der Waals surface area contributed by atoms with Crippen LogP contribution in [0.25, 0.3) is 0 Å². The third kappa shape index (κ3) is 2.02. The molecule has 1 spiro atoms. The van der Waals surface area contributed by atoms with Crippen molar-refractivity contribution in [3.63, 3.8) is 0 Å². The molecule has 1 aromatic carbocycles. The smallest absolute Gasteiger partial charge is 0.183 e. The number of hydrogen-bond acceptors (Lipinski definition) is 6. The van der Waals surface area contributed by atoms with Crippen molar-refractivity contribution in [1.29, 1.82) is 5.26 Å². The van der Waals surface area contributed by atoms with Crippen LogP contribution in [0.15, 0.2) is 42.7 Å². The van der Waals surface area contributed by atoms with Crippen LogP contribution >= 0.6 is 0 Å². The SMILES string of the molecule is N#Cc1nccnc1N1C[C@@H](O)[C@@]2(C1)[C@H](CO)[C@H]2c1ccccc1. The number of anilines is 1. The van der Waals surface area contributed by atoms with Crippen LogP contribution in [0, 0.1) is 22.7 Å². The molecule has 0 bridgehead atoms. The summed E-state index contributed by atoms with van der Waals surface area (Å²) in [6.45, 7) is 0.996. The van der Waals surface area contributed by atoms with Crippen LogP contribution < -0.4 is 4.90 Å². The molecule has 0 amide bonds. The standard InChI is InChI=1S/C18H18N4O2/c19-8-14-17(21-7-6-20-14)22-9-15(24)18(11-22)13(10-23)16(18)12-4-2-1-3-5-12/h1-7,13,15-16,23-24H,9-11H2/t13-,15-,16-,18-/m1/s1. The number of aliphatic hydroxyl groups excluding tert-OH is 2. The van der Waals surface area contributed by atoms with Gasteiger partial charge in [0.1, 0.15) is 6.07 Å². The first-order valence-electron chi connectivity index (χ1n) is 8.02. The quantitative estimate of drug-likeness (QED) is 0.873. The molecule has 1 aliphatic carbocycles. The van der Waals surface area contributed by atoms with Gasteiger partial charge in [-0.15, -0.1) is 0 Å². The van der Waals surface area contributed by atoms with Crippen molar-refractivity contribution < 1.29 is 10.2 Å². The van der Waals surface area contributed by atoms with Crippen LogP contribution in [0.2, 0.25) is 0 Å². The van der Waals surface area contributed by atoms with Gasteiger partial charge in [-0.2, -0.15) is 5.26 Å². The molecule has 1 saturated carbocycles. The molecule has 2 aliphatic rings. The van der Waals surface area contributed by atoms with Gasteiger partial charge < -0.3 is 15.1 Å². The third-order valence-corrected chi connectivity index (χ3v) is 5.48. The van der Waals surface area contributed by atoms with Gasteiger partial charge in [0.15, 0.2) is 11.5 Å². The molecule has 1 aliphatic heterocycles. The molecule has 6 heteroatoms. The van der Waals surface area contributed by atoms with Crippen molar-refractivity contribution in [2.24, 2.45) is 11.3 Å². The Labute approximate surface area is 140 Å². The summed E-state index contributed by atoms with van der Waals surface area (Å²) in [7, 11) is 0. The maximum Gasteiger partial charge on any atom is 0.183 e. The zero-order chi connectivity index (χ0) is 16.7. The van der Waals surface area contributed by atoms with E-state index in [0.29, 0.717) is 18.9 Å².